The molecule has 1 rings (SSSR count). The van der Waals surface area contributed by atoms with Crippen molar-refractivity contribution in [1.82, 2.24) is 0 Å². The quantitative estimate of drug-likeness (QED) is 0.681. The Hall–Kier alpha value is -0.480. The number of hydrogen-bond acceptors (Lipinski definition) is 3. The van der Waals surface area contributed by atoms with E-state index in [2.05, 4.69) is 12.6 Å². The van der Waals surface area contributed by atoms with Crippen LogP contribution in [-0.4, -0.2) is 8.42 Å². The Morgan fingerprint density at radius 3 is 2.64 bits per heavy atom. The zero-order valence-electron chi connectivity index (χ0n) is 5.73. The highest BCUT2D eigenvalue weighted by Crippen LogP contribution is 2.08. The van der Waals surface area contributed by atoms with Crippen LogP contribution in [0.1, 0.15) is 5.56 Å². The van der Waals surface area contributed by atoms with Gasteiger partial charge in [0, 0.05) is 4.90 Å². The lowest BCUT2D eigenvalue weighted by Crippen LogP contribution is -1.85. The Balaban J connectivity index is 2.87. The van der Waals surface area contributed by atoms with Crippen LogP contribution < -0.4 is 0 Å². The average molecular weight is 188 g/mol. The summed E-state index contributed by atoms with van der Waals surface area (Å²) in [5.74, 6) is 0.101. The molecular weight excluding hydrogens is 180 g/mol. The van der Waals surface area contributed by atoms with Gasteiger partial charge in [0.1, 0.15) is 10.7 Å². The Morgan fingerprint density at radius 2 is 2.09 bits per heavy atom. The summed E-state index contributed by atoms with van der Waals surface area (Å²) in [5, 5.41) is 0. The Morgan fingerprint density at radius 1 is 1.36 bits per heavy atom. The van der Waals surface area contributed by atoms with Crippen LogP contribution in [0.25, 0.3) is 0 Å². The van der Waals surface area contributed by atoms with Crippen molar-refractivity contribution < 1.29 is 8.42 Å². The van der Waals surface area contributed by atoms with E-state index in [0.717, 1.165) is 10.5 Å². The summed E-state index contributed by atoms with van der Waals surface area (Å²) in [6.07, 6.45) is 0. The van der Waals surface area contributed by atoms with E-state index in [1.807, 2.05) is 6.07 Å². The van der Waals surface area contributed by atoms with Crippen molar-refractivity contribution in [2.45, 2.75) is 10.6 Å². The fourth-order valence-corrected chi connectivity index (χ4v) is 1.55. The van der Waals surface area contributed by atoms with Gasteiger partial charge in [0.2, 0.25) is 0 Å². The van der Waals surface area contributed by atoms with Crippen molar-refractivity contribution in [3.63, 3.8) is 0 Å². The molecule has 0 aromatic heterocycles. The summed E-state index contributed by atoms with van der Waals surface area (Å²) >= 11 is 4.08. The van der Waals surface area contributed by atoms with E-state index in [0.29, 0.717) is 0 Å². The van der Waals surface area contributed by atoms with Gasteiger partial charge in [-0.25, -0.2) is 8.42 Å². The van der Waals surface area contributed by atoms with E-state index in [1.165, 1.54) is 0 Å². The molecule has 0 aliphatic rings. The first-order valence-electron chi connectivity index (χ1n) is 3.08. The van der Waals surface area contributed by atoms with Gasteiger partial charge in [0.05, 0.1) is 5.75 Å². The standard InChI is InChI=1S/C7H8O2S2/c8-11(9)5-6-2-1-3-7(10)4-6/h1-4,10-11H,5H2. The molecule has 0 heterocycles. The number of hydrogen-bond donors (Lipinski definition) is 2. The molecule has 1 aromatic carbocycles. The zero-order chi connectivity index (χ0) is 8.27. The van der Waals surface area contributed by atoms with Gasteiger partial charge in [-0.05, 0) is 17.7 Å². The number of thiol groups is 2. The lowest BCUT2D eigenvalue weighted by atomic mass is 10.2. The SMILES string of the molecule is O=[SH](=O)Cc1cccc(S)c1. The summed E-state index contributed by atoms with van der Waals surface area (Å²) in [5.41, 5.74) is 0.786. The van der Waals surface area contributed by atoms with E-state index in [4.69, 9.17) is 0 Å². The lowest BCUT2D eigenvalue weighted by molar-refractivity contribution is 0.614. The molecule has 0 unspecified atom stereocenters. The summed E-state index contributed by atoms with van der Waals surface area (Å²) < 4.78 is 20.6. The molecule has 0 saturated heterocycles. The molecule has 60 valence electrons. The maximum Gasteiger partial charge on any atom is 0.144 e. The second-order valence-corrected chi connectivity index (χ2v) is 3.66. The van der Waals surface area contributed by atoms with Crippen LogP contribution in [0, 0.1) is 0 Å². The molecule has 0 bridgehead atoms. The van der Waals surface area contributed by atoms with E-state index in [-0.39, 0.29) is 5.75 Å². The minimum Gasteiger partial charge on any atom is -0.232 e. The topological polar surface area (TPSA) is 34.1 Å². The van der Waals surface area contributed by atoms with Gasteiger partial charge < -0.3 is 0 Å². The molecule has 0 saturated carbocycles. The monoisotopic (exact) mass is 188 g/mol. The van der Waals surface area contributed by atoms with Crippen LogP contribution >= 0.6 is 12.6 Å². The first-order valence-corrected chi connectivity index (χ1v) is 4.89. The molecule has 0 N–H and O–H groups in total. The maximum atomic E-state index is 10.3. The van der Waals surface area contributed by atoms with Crippen LogP contribution in [0.5, 0.6) is 0 Å². The Labute approximate surface area is 72.6 Å². The minimum absolute atomic E-state index is 0.101. The van der Waals surface area contributed by atoms with E-state index >= 15 is 0 Å². The van der Waals surface area contributed by atoms with Crippen molar-refractivity contribution in [3.05, 3.63) is 29.8 Å². The van der Waals surface area contributed by atoms with E-state index < -0.39 is 10.7 Å². The summed E-state index contributed by atoms with van der Waals surface area (Å²) in [7, 11) is -2.32. The molecule has 0 aliphatic heterocycles. The summed E-state index contributed by atoms with van der Waals surface area (Å²) in [4.78, 5) is 0.791. The second kappa shape index (κ2) is 3.78. The second-order valence-electron chi connectivity index (χ2n) is 2.16. The highest BCUT2D eigenvalue weighted by molar-refractivity contribution is 7.80. The van der Waals surface area contributed by atoms with Gasteiger partial charge in [-0.1, -0.05) is 12.1 Å². The predicted molar refractivity (Wildman–Crippen MR) is 47.7 cm³/mol. The average Bonchev–Trinajstić information content (AvgIpc) is 1.85. The van der Waals surface area contributed by atoms with Crippen LogP contribution in [0.3, 0.4) is 0 Å². The van der Waals surface area contributed by atoms with Crippen LogP contribution in [0.15, 0.2) is 29.2 Å². The fraction of sp³-hybridized carbons (Fsp3) is 0.143. The molecule has 2 nitrogen and oxygen atoms in total. The highest BCUT2D eigenvalue weighted by Gasteiger charge is 1.93. The smallest absolute Gasteiger partial charge is 0.144 e. The van der Waals surface area contributed by atoms with E-state index in [1.54, 1.807) is 18.2 Å². The third-order valence-corrected chi connectivity index (χ3v) is 2.12. The molecular formula is C7H8O2S2. The van der Waals surface area contributed by atoms with Gasteiger partial charge in [-0.15, -0.1) is 12.6 Å². The summed E-state index contributed by atoms with van der Waals surface area (Å²) in [6, 6.07) is 7.11. The minimum atomic E-state index is -2.32. The zero-order valence-corrected chi connectivity index (χ0v) is 7.52. The molecule has 1 aromatic rings. The normalized spacial score (nSPS) is 10.4. The molecule has 0 atom stereocenters. The van der Waals surface area contributed by atoms with Gasteiger partial charge in [0.15, 0.2) is 0 Å². The Bertz CT molecular complexity index is 310. The molecule has 0 fully saturated rings. The van der Waals surface area contributed by atoms with Crippen LogP contribution in [-0.2, 0) is 16.5 Å². The lowest BCUT2D eigenvalue weighted by Gasteiger charge is -1.94. The van der Waals surface area contributed by atoms with E-state index in [9.17, 15) is 8.42 Å². The molecule has 11 heavy (non-hydrogen) atoms. The molecule has 0 spiro atoms. The number of benzene rings is 1. The van der Waals surface area contributed by atoms with Crippen LogP contribution in [0.2, 0.25) is 0 Å². The molecule has 0 amide bonds. The maximum absolute atomic E-state index is 10.3. The third-order valence-electron chi connectivity index (χ3n) is 1.22. The van der Waals surface area contributed by atoms with Crippen molar-refractivity contribution in [2.24, 2.45) is 0 Å². The van der Waals surface area contributed by atoms with Gasteiger partial charge in [-0.2, -0.15) is 0 Å². The van der Waals surface area contributed by atoms with Crippen molar-refractivity contribution in [2.75, 3.05) is 0 Å². The molecule has 4 heteroatoms. The van der Waals surface area contributed by atoms with Crippen molar-refractivity contribution in [1.29, 1.82) is 0 Å². The van der Waals surface area contributed by atoms with Crippen molar-refractivity contribution in [3.8, 4) is 0 Å². The van der Waals surface area contributed by atoms with Crippen LogP contribution in [0.4, 0.5) is 0 Å². The molecule has 0 radical (unpaired) electrons. The molecule has 0 aliphatic carbocycles. The largest absolute Gasteiger partial charge is 0.232 e. The summed E-state index contributed by atoms with van der Waals surface area (Å²) in [6.45, 7) is 0. The third kappa shape index (κ3) is 2.95. The fourth-order valence-electron chi connectivity index (χ4n) is 0.804. The van der Waals surface area contributed by atoms with Gasteiger partial charge in [-0.3, -0.25) is 0 Å². The highest BCUT2D eigenvalue weighted by atomic mass is 32.2. The predicted octanol–water partition coefficient (Wildman–Crippen LogP) is 1.09. The first-order chi connectivity index (χ1) is 5.18. The van der Waals surface area contributed by atoms with Crippen molar-refractivity contribution >= 4 is 23.3 Å². The van der Waals surface area contributed by atoms with Gasteiger partial charge >= 0.3 is 0 Å². The Kier molecular flexibility index (Phi) is 2.96. The van der Waals surface area contributed by atoms with Gasteiger partial charge in [0.25, 0.3) is 0 Å². The number of rotatable bonds is 2. The first kappa shape index (κ1) is 8.62.